The topological polar surface area (TPSA) is 84.7 Å². The molecule has 7 heteroatoms. The molecule has 2 heterocycles. The fourth-order valence-electron chi connectivity index (χ4n) is 2.62. The van der Waals surface area contributed by atoms with E-state index in [2.05, 4.69) is 33.1 Å². The molecule has 7 nitrogen and oxygen atoms in total. The number of nitrogens with zero attached hydrogens (tertiary/aromatic N) is 4. The third-order valence-electron chi connectivity index (χ3n) is 3.82. The zero-order chi connectivity index (χ0) is 14.8. The summed E-state index contributed by atoms with van der Waals surface area (Å²) < 4.78 is 1.60. The number of hydrogen-bond donors (Lipinski definition) is 2. The molecule has 110 valence electrons. The van der Waals surface area contributed by atoms with E-state index >= 15 is 0 Å². The average Bonchev–Trinajstić information content (AvgIpc) is 3.07. The summed E-state index contributed by atoms with van der Waals surface area (Å²) in [7, 11) is 1.78. The van der Waals surface area contributed by atoms with Crippen LogP contribution < -0.4 is 10.6 Å². The van der Waals surface area contributed by atoms with Gasteiger partial charge in [-0.2, -0.15) is 0 Å². The zero-order valence-electron chi connectivity index (χ0n) is 12.1. The summed E-state index contributed by atoms with van der Waals surface area (Å²) in [6.45, 7) is 2.98. The van der Waals surface area contributed by atoms with Gasteiger partial charge in [-0.05, 0) is 41.4 Å². The Balaban J connectivity index is 1.77. The average molecular weight is 286 g/mol. The van der Waals surface area contributed by atoms with Crippen molar-refractivity contribution >= 4 is 11.6 Å². The molecular weight excluding hydrogens is 268 g/mol. The van der Waals surface area contributed by atoms with Crippen LogP contribution >= 0.6 is 0 Å². The van der Waals surface area contributed by atoms with Gasteiger partial charge in [0, 0.05) is 18.3 Å². The maximum Gasteiger partial charge on any atom is 0.241 e. The molecule has 0 aliphatic carbocycles. The summed E-state index contributed by atoms with van der Waals surface area (Å²) in [5, 5.41) is 17.6. The predicted molar refractivity (Wildman–Crippen MR) is 78.4 cm³/mol. The Labute approximate surface area is 122 Å². The number of carbonyl (C=O) groups excluding carboxylic acids is 1. The van der Waals surface area contributed by atoms with Crippen LogP contribution in [0.3, 0.4) is 0 Å². The summed E-state index contributed by atoms with van der Waals surface area (Å²) in [5.74, 6) is 1.03. The molecule has 1 aliphatic heterocycles. The second-order valence-corrected chi connectivity index (χ2v) is 5.39. The van der Waals surface area contributed by atoms with E-state index < -0.39 is 0 Å². The number of nitrogens with one attached hydrogen (secondary N) is 2. The zero-order valence-corrected chi connectivity index (χ0v) is 12.1. The van der Waals surface area contributed by atoms with Crippen molar-refractivity contribution in [2.75, 3.05) is 11.9 Å². The first-order valence-electron chi connectivity index (χ1n) is 7.02. The summed E-state index contributed by atoms with van der Waals surface area (Å²) >= 11 is 0. The first kappa shape index (κ1) is 13.7. The summed E-state index contributed by atoms with van der Waals surface area (Å²) in [6.07, 6.45) is 1.03. The third-order valence-corrected chi connectivity index (χ3v) is 3.82. The molecule has 0 saturated carbocycles. The maximum atomic E-state index is 12.3. The molecule has 0 radical (unpaired) electrons. The van der Waals surface area contributed by atoms with Gasteiger partial charge in [-0.1, -0.05) is 19.1 Å². The molecule has 0 bridgehead atoms. The van der Waals surface area contributed by atoms with Crippen LogP contribution in [0, 0.1) is 5.92 Å². The largest absolute Gasteiger partial charge is 0.325 e. The number of rotatable bonds is 3. The van der Waals surface area contributed by atoms with Crippen molar-refractivity contribution in [3.05, 3.63) is 24.3 Å². The van der Waals surface area contributed by atoms with Crippen LogP contribution in [0.2, 0.25) is 0 Å². The van der Waals surface area contributed by atoms with E-state index in [0.717, 1.165) is 24.2 Å². The molecule has 1 aromatic carbocycles. The van der Waals surface area contributed by atoms with Gasteiger partial charge in [-0.3, -0.25) is 4.79 Å². The van der Waals surface area contributed by atoms with Crippen LogP contribution in [0.15, 0.2) is 24.3 Å². The van der Waals surface area contributed by atoms with Crippen LogP contribution in [-0.4, -0.2) is 38.7 Å². The molecule has 2 unspecified atom stereocenters. The van der Waals surface area contributed by atoms with Crippen molar-refractivity contribution in [1.29, 1.82) is 0 Å². The van der Waals surface area contributed by atoms with Gasteiger partial charge >= 0.3 is 0 Å². The minimum Gasteiger partial charge on any atom is -0.325 e. The number of anilines is 1. The SMILES string of the molecule is CC1CCNC1C(=O)Nc1cccc(-c2nnnn2C)c1. The van der Waals surface area contributed by atoms with E-state index in [9.17, 15) is 4.79 Å². The van der Waals surface area contributed by atoms with E-state index in [0.29, 0.717) is 11.7 Å². The number of benzene rings is 1. The van der Waals surface area contributed by atoms with Crippen LogP contribution in [0.4, 0.5) is 5.69 Å². The number of carbonyl (C=O) groups is 1. The number of tetrazole rings is 1. The van der Waals surface area contributed by atoms with E-state index in [4.69, 9.17) is 0 Å². The Bertz CT molecular complexity index is 652. The van der Waals surface area contributed by atoms with Gasteiger partial charge in [0.1, 0.15) is 0 Å². The van der Waals surface area contributed by atoms with Gasteiger partial charge in [0.25, 0.3) is 0 Å². The van der Waals surface area contributed by atoms with Crippen molar-refractivity contribution in [1.82, 2.24) is 25.5 Å². The first-order chi connectivity index (χ1) is 10.1. The lowest BCUT2D eigenvalue weighted by Gasteiger charge is -2.15. The van der Waals surface area contributed by atoms with Crippen molar-refractivity contribution in [2.45, 2.75) is 19.4 Å². The Morgan fingerprint density at radius 2 is 2.33 bits per heavy atom. The Morgan fingerprint density at radius 3 is 3.00 bits per heavy atom. The van der Waals surface area contributed by atoms with Crippen molar-refractivity contribution in [3.63, 3.8) is 0 Å². The minimum absolute atomic E-state index is 0.00763. The van der Waals surface area contributed by atoms with Gasteiger partial charge in [-0.25, -0.2) is 4.68 Å². The molecule has 2 aromatic rings. The molecular formula is C14H18N6O. The lowest BCUT2D eigenvalue weighted by molar-refractivity contribution is -0.118. The van der Waals surface area contributed by atoms with Gasteiger partial charge in [0.2, 0.25) is 5.91 Å². The number of amides is 1. The lowest BCUT2D eigenvalue weighted by atomic mass is 10.0. The molecule has 1 fully saturated rings. The first-order valence-corrected chi connectivity index (χ1v) is 7.02. The Kier molecular flexibility index (Phi) is 3.66. The minimum atomic E-state index is -0.120. The van der Waals surface area contributed by atoms with Crippen LogP contribution in [0.25, 0.3) is 11.4 Å². The van der Waals surface area contributed by atoms with Crippen molar-refractivity contribution in [2.24, 2.45) is 13.0 Å². The Morgan fingerprint density at radius 1 is 1.48 bits per heavy atom. The van der Waals surface area contributed by atoms with Crippen LogP contribution in [0.5, 0.6) is 0 Å². The molecule has 1 saturated heterocycles. The number of aryl methyl sites for hydroxylation is 1. The molecule has 1 aromatic heterocycles. The second-order valence-electron chi connectivity index (χ2n) is 5.39. The highest BCUT2D eigenvalue weighted by Crippen LogP contribution is 2.21. The highest BCUT2D eigenvalue weighted by atomic mass is 16.2. The fourth-order valence-corrected chi connectivity index (χ4v) is 2.62. The molecule has 1 amide bonds. The van der Waals surface area contributed by atoms with E-state index in [1.54, 1.807) is 11.7 Å². The lowest BCUT2D eigenvalue weighted by Crippen LogP contribution is -2.39. The standard InChI is InChI=1S/C14H18N6O/c1-9-6-7-15-12(9)14(21)16-11-5-3-4-10(8-11)13-17-18-19-20(13)2/h3-5,8-9,12,15H,6-7H2,1-2H3,(H,16,21). The number of hydrogen-bond acceptors (Lipinski definition) is 5. The fraction of sp³-hybridized carbons (Fsp3) is 0.429. The molecule has 21 heavy (non-hydrogen) atoms. The third kappa shape index (κ3) is 2.78. The second kappa shape index (κ2) is 5.61. The monoisotopic (exact) mass is 286 g/mol. The van der Waals surface area contributed by atoms with Crippen LogP contribution in [0.1, 0.15) is 13.3 Å². The maximum absolute atomic E-state index is 12.3. The number of aromatic nitrogens is 4. The van der Waals surface area contributed by atoms with Gasteiger partial charge < -0.3 is 10.6 Å². The predicted octanol–water partition coefficient (Wildman–Crippen LogP) is 0.814. The quantitative estimate of drug-likeness (QED) is 0.872. The van der Waals surface area contributed by atoms with E-state index in [1.165, 1.54) is 0 Å². The molecule has 1 aliphatic rings. The molecule has 2 N–H and O–H groups in total. The van der Waals surface area contributed by atoms with Gasteiger partial charge in [0.05, 0.1) is 6.04 Å². The summed E-state index contributed by atoms with van der Waals surface area (Å²) in [6, 6.07) is 7.42. The summed E-state index contributed by atoms with van der Waals surface area (Å²) in [5.41, 5.74) is 1.62. The summed E-state index contributed by atoms with van der Waals surface area (Å²) in [4.78, 5) is 12.3. The molecule has 0 spiro atoms. The van der Waals surface area contributed by atoms with E-state index in [-0.39, 0.29) is 11.9 Å². The van der Waals surface area contributed by atoms with E-state index in [1.807, 2.05) is 24.3 Å². The highest BCUT2D eigenvalue weighted by Gasteiger charge is 2.29. The van der Waals surface area contributed by atoms with Gasteiger partial charge in [0.15, 0.2) is 5.82 Å². The Hall–Kier alpha value is -2.28. The normalized spacial score (nSPS) is 21.4. The van der Waals surface area contributed by atoms with Gasteiger partial charge in [-0.15, -0.1) is 5.10 Å². The van der Waals surface area contributed by atoms with Crippen molar-refractivity contribution in [3.8, 4) is 11.4 Å². The molecule has 3 rings (SSSR count). The molecule has 2 atom stereocenters. The van der Waals surface area contributed by atoms with Crippen molar-refractivity contribution < 1.29 is 4.79 Å². The highest BCUT2D eigenvalue weighted by molar-refractivity contribution is 5.95. The smallest absolute Gasteiger partial charge is 0.241 e. The van der Waals surface area contributed by atoms with Crippen LogP contribution in [-0.2, 0) is 11.8 Å².